The molecule has 6 aromatic heterocycles. The van der Waals surface area contributed by atoms with Crippen LogP contribution in [0.5, 0.6) is 0 Å². The van der Waals surface area contributed by atoms with Crippen LogP contribution in [-0.2, 0) is 26.5 Å². The molecule has 0 amide bonds. The number of hydrogen-bond donors (Lipinski definition) is 0. The maximum atomic E-state index is 6.77. The molecule has 0 N–H and O–H groups in total. The van der Waals surface area contributed by atoms with Crippen molar-refractivity contribution in [3.8, 4) is 0 Å². The summed E-state index contributed by atoms with van der Waals surface area (Å²) in [5.41, 5.74) is 10.3. The van der Waals surface area contributed by atoms with Crippen molar-refractivity contribution >= 4 is 115 Å². The number of aryl methyl sites for hydroxylation is 1. The van der Waals surface area contributed by atoms with Crippen molar-refractivity contribution < 1.29 is 25.5 Å². The van der Waals surface area contributed by atoms with Gasteiger partial charge in [-0.05, 0) is 118 Å². The fourth-order valence-corrected chi connectivity index (χ4v) is 10.1. The third kappa shape index (κ3) is 6.01. The Morgan fingerprint density at radius 1 is 0.492 bits per heavy atom. The molecule has 6 nitrogen and oxygen atoms in total. The Bertz CT molecular complexity index is 4320. The van der Waals surface area contributed by atoms with E-state index in [1.807, 2.05) is 19.1 Å². The molecule has 0 saturated carbocycles. The minimum Gasteiger partial charge on any atom is -0.522 e. The van der Waals surface area contributed by atoms with Gasteiger partial charge in [-0.25, -0.2) is 11.1 Å². The van der Waals surface area contributed by atoms with Crippen LogP contribution >= 0.6 is 0 Å². The molecule has 7 heteroatoms. The molecule has 0 aliphatic heterocycles. The van der Waals surface area contributed by atoms with Gasteiger partial charge < -0.3 is 22.6 Å². The van der Waals surface area contributed by atoms with Crippen molar-refractivity contribution in [2.45, 2.75) is 33.1 Å². The van der Waals surface area contributed by atoms with Crippen LogP contribution in [0.4, 0.5) is 0 Å². The van der Waals surface area contributed by atoms with Crippen molar-refractivity contribution in [3.05, 3.63) is 194 Å². The van der Waals surface area contributed by atoms with Crippen LogP contribution < -0.4 is 0 Å². The van der Waals surface area contributed by atoms with Gasteiger partial charge in [0, 0.05) is 43.9 Å². The summed E-state index contributed by atoms with van der Waals surface area (Å²) >= 11 is 0. The summed E-state index contributed by atoms with van der Waals surface area (Å²) in [6.07, 6.45) is 2.19. The Hall–Kier alpha value is -7.40. The van der Waals surface area contributed by atoms with Gasteiger partial charge >= 0.3 is 0 Å². The largest absolute Gasteiger partial charge is 0.522 e. The monoisotopic (exact) mass is 1020 g/mol. The fourth-order valence-electron chi connectivity index (χ4n) is 10.1. The van der Waals surface area contributed by atoms with E-state index in [1.165, 1.54) is 16.3 Å². The number of fused-ring (bicyclic) bond motifs is 20. The molecule has 13 rings (SSSR count). The molecule has 13 aromatic rings. The zero-order chi connectivity index (χ0) is 42.8. The van der Waals surface area contributed by atoms with Gasteiger partial charge in [-0.1, -0.05) is 154 Å². The Morgan fingerprint density at radius 2 is 1.05 bits per heavy atom. The van der Waals surface area contributed by atoms with E-state index >= 15 is 0 Å². The van der Waals surface area contributed by atoms with Gasteiger partial charge in [-0.2, -0.15) is 6.07 Å². The summed E-state index contributed by atoms with van der Waals surface area (Å²) in [6.45, 7) is 8.82. The summed E-state index contributed by atoms with van der Waals surface area (Å²) in [5, 5.41) is 12.3. The van der Waals surface area contributed by atoms with E-state index in [4.69, 9.17) is 14.4 Å². The smallest absolute Gasteiger partial charge is 0.136 e. The Balaban J connectivity index is 0.00000444. The summed E-state index contributed by atoms with van der Waals surface area (Å²) in [7, 11) is 0. The Morgan fingerprint density at radius 3 is 1.72 bits per heavy atom. The first-order valence-electron chi connectivity index (χ1n) is 21.8. The summed E-state index contributed by atoms with van der Waals surface area (Å²) < 4.78 is 13.6. The van der Waals surface area contributed by atoms with E-state index in [1.54, 1.807) is 0 Å². The first-order chi connectivity index (χ1) is 31.3. The predicted octanol–water partition coefficient (Wildman–Crippen LogP) is 14.9. The van der Waals surface area contributed by atoms with E-state index in [-0.39, 0.29) is 26.5 Å². The van der Waals surface area contributed by atoms with E-state index < -0.39 is 0 Å². The van der Waals surface area contributed by atoms with Crippen molar-refractivity contribution in [2.75, 3.05) is 0 Å². The van der Waals surface area contributed by atoms with Gasteiger partial charge in [-0.3, -0.25) is 0 Å². The maximum Gasteiger partial charge on any atom is 0.136 e. The second-order valence-corrected chi connectivity index (χ2v) is 18.0. The van der Waals surface area contributed by atoms with Crippen LogP contribution in [0.1, 0.15) is 32.0 Å². The average molecular weight is 1020 g/mol. The molecular weight excluding hydrogens is 978 g/mol. The van der Waals surface area contributed by atoms with Crippen molar-refractivity contribution in [1.29, 1.82) is 0 Å². The topological polar surface area (TPSA) is 52.2 Å². The van der Waals surface area contributed by atoms with E-state index in [0.29, 0.717) is 16.8 Å². The average Bonchev–Trinajstić information content (AvgIpc) is 3.87. The van der Waals surface area contributed by atoms with Gasteiger partial charge in [0.1, 0.15) is 5.65 Å². The van der Waals surface area contributed by atoms with Crippen LogP contribution in [-0.4, -0.2) is 23.2 Å². The molecule has 0 atom stereocenters. The molecule has 7 aromatic carbocycles. The number of aromatic nitrogens is 5. The van der Waals surface area contributed by atoms with Gasteiger partial charge in [0.25, 0.3) is 0 Å². The van der Waals surface area contributed by atoms with Crippen LogP contribution in [0, 0.1) is 19.1 Å². The molecule has 0 saturated heterocycles. The number of pyridine rings is 2. The quantitative estimate of drug-likeness (QED) is 0.142. The van der Waals surface area contributed by atoms with Crippen LogP contribution in [0.3, 0.4) is 0 Å². The molecule has 0 radical (unpaired) electrons. The molecule has 0 aliphatic rings. The summed E-state index contributed by atoms with van der Waals surface area (Å²) in [6, 6.07) is 66.1. The number of benzene rings is 7. The zero-order valence-corrected chi connectivity index (χ0v) is 38.4. The Kier molecular flexibility index (Phi) is 8.79. The van der Waals surface area contributed by atoms with Crippen molar-refractivity contribution in [2.24, 2.45) is 0 Å². The number of rotatable bonds is 0. The molecule has 316 valence electrons. The van der Waals surface area contributed by atoms with Gasteiger partial charge in [0.05, 0.1) is 5.52 Å². The van der Waals surface area contributed by atoms with Crippen LogP contribution in [0.2, 0.25) is 0 Å². The summed E-state index contributed by atoms with van der Waals surface area (Å²) in [4.78, 5) is 10.8. The number of para-hydroxylation sites is 3. The van der Waals surface area contributed by atoms with Gasteiger partial charge in [-0.15, -0.1) is 23.6 Å². The van der Waals surface area contributed by atoms with Crippen molar-refractivity contribution in [3.63, 3.8) is 0 Å². The number of nitrogens with zero attached hydrogens (tertiary/aromatic N) is 5. The normalized spacial score (nSPS) is 12.2. The molecule has 8 bridgehead atoms. The minimum absolute atomic E-state index is 0. The fraction of sp³-hybridized carbons (Fsp3) is 0.0862. The van der Waals surface area contributed by atoms with Crippen molar-refractivity contribution in [1.82, 2.24) is 23.2 Å². The van der Waals surface area contributed by atoms with Crippen LogP contribution in [0.25, 0.3) is 115 Å². The molecular formula is C58H40N5OPt-3. The molecule has 65 heavy (non-hydrogen) atoms. The van der Waals surface area contributed by atoms with E-state index in [2.05, 4.69) is 204 Å². The molecule has 0 unspecified atom stereocenters. The molecule has 0 aliphatic carbocycles. The molecule has 0 fully saturated rings. The molecule has 6 heterocycles. The SMILES string of the molecule is Cc1cc2[c-]c(n1)n1[cH-]n3c4c(cccc4c4ccccc4c4ccccc4c4cccc1c43)c1ccccc1c1cc(C(C)(C)C)cc(n1)n1c3[c-]c(ccc3c3ccccc31)o2.[Pt]. The Labute approximate surface area is 387 Å². The van der Waals surface area contributed by atoms with Gasteiger partial charge in [0.15, 0.2) is 0 Å². The first-order valence-corrected chi connectivity index (χ1v) is 21.8. The number of imidazole rings is 1. The third-order valence-electron chi connectivity index (χ3n) is 13.0. The van der Waals surface area contributed by atoms with E-state index in [9.17, 15) is 0 Å². The predicted molar refractivity (Wildman–Crippen MR) is 265 cm³/mol. The van der Waals surface area contributed by atoms with Crippen LogP contribution in [0.15, 0.2) is 175 Å². The summed E-state index contributed by atoms with van der Waals surface area (Å²) in [5.74, 6) is 0. The molecule has 0 spiro atoms. The third-order valence-corrected chi connectivity index (χ3v) is 13.0. The second kappa shape index (κ2) is 14.6. The second-order valence-electron chi connectivity index (χ2n) is 18.0. The van der Waals surface area contributed by atoms with Gasteiger partial charge in [0.2, 0.25) is 0 Å². The van der Waals surface area contributed by atoms with E-state index in [0.717, 1.165) is 92.9 Å². The first kappa shape index (κ1) is 39.2. The minimum atomic E-state index is -0.186. The number of hydrogen-bond acceptors (Lipinski definition) is 3. The maximum absolute atomic E-state index is 6.77. The zero-order valence-electron chi connectivity index (χ0n) is 36.1. The standard InChI is InChI=1S/C58H40N5O.Pt/c1-35-29-38-33-54(59-35)61-34-62-56-47(41-17-7-5-15-39(41)40-16-6-8-18-42(40)49-24-14-26-52(61)57(49)62)22-13-23-48(56)43-19-9-10-20-44(43)50-30-36(58(2,3)4)31-55(60-50)63-51-25-12-11-21-45(51)46-28-27-37(64-38)32-53(46)63;/h5-31,34H,1-4H3;/q-3;.